The number of halogens is 1. The molecule has 0 fully saturated rings. The van der Waals surface area contributed by atoms with Gasteiger partial charge in [0.2, 0.25) is 0 Å². The van der Waals surface area contributed by atoms with Crippen molar-refractivity contribution in [2.45, 2.75) is 32.1 Å². The molecule has 1 unspecified atom stereocenters. The zero-order valence-corrected chi connectivity index (χ0v) is 10.3. The van der Waals surface area contributed by atoms with Crippen LogP contribution < -0.4 is 0 Å². The van der Waals surface area contributed by atoms with E-state index in [4.69, 9.17) is 5.11 Å². The van der Waals surface area contributed by atoms with Gasteiger partial charge in [0.15, 0.2) is 11.6 Å². The van der Waals surface area contributed by atoms with Crippen molar-refractivity contribution < 1.29 is 19.7 Å². The molecule has 0 spiro atoms. The van der Waals surface area contributed by atoms with Crippen LogP contribution in [0.4, 0.5) is 4.39 Å². The van der Waals surface area contributed by atoms with Gasteiger partial charge in [-0.05, 0) is 43.4 Å². The lowest BCUT2D eigenvalue weighted by molar-refractivity contribution is 0.320. The highest BCUT2D eigenvalue weighted by molar-refractivity contribution is 5.51. The number of phenolic OH excluding ortho intramolecular Hbond substituents is 2. The number of aromatic hydroxyl groups is 2. The number of rotatable bonds is 2. The van der Waals surface area contributed by atoms with Crippen LogP contribution in [-0.4, -0.2) is 21.9 Å². The molecular weight excluding hydrogens is 235 g/mol. The van der Waals surface area contributed by atoms with Crippen molar-refractivity contribution >= 4 is 0 Å². The molecule has 0 radical (unpaired) electrons. The summed E-state index contributed by atoms with van der Waals surface area (Å²) in [7, 11) is 0. The Labute approximate surface area is 105 Å². The van der Waals surface area contributed by atoms with Gasteiger partial charge in [0.05, 0.1) is 6.61 Å². The summed E-state index contributed by atoms with van der Waals surface area (Å²) in [5.74, 6) is -1.50. The molecule has 18 heavy (non-hydrogen) atoms. The molecule has 0 aromatic heterocycles. The molecule has 3 nitrogen and oxygen atoms in total. The van der Waals surface area contributed by atoms with Crippen LogP contribution in [0.25, 0.3) is 0 Å². The van der Waals surface area contributed by atoms with E-state index in [1.54, 1.807) is 0 Å². The maximum Gasteiger partial charge on any atom is 0.168 e. The minimum atomic E-state index is -0.688. The van der Waals surface area contributed by atoms with Crippen LogP contribution in [0.1, 0.15) is 36.3 Å². The van der Waals surface area contributed by atoms with E-state index in [0.717, 1.165) is 24.8 Å². The molecule has 0 heterocycles. The van der Waals surface area contributed by atoms with Crippen molar-refractivity contribution in [2.75, 3.05) is 6.61 Å². The molecule has 98 valence electrons. The zero-order valence-electron chi connectivity index (χ0n) is 10.3. The Morgan fingerprint density at radius 2 is 2.11 bits per heavy atom. The van der Waals surface area contributed by atoms with Crippen LogP contribution in [0.2, 0.25) is 0 Å². The van der Waals surface area contributed by atoms with Gasteiger partial charge in [-0.25, -0.2) is 4.39 Å². The van der Waals surface area contributed by atoms with E-state index < -0.39 is 11.6 Å². The van der Waals surface area contributed by atoms with E-state index >= 15 is 0 Å². The minimum Gasteiger partial charge on any atom is -0.507 e. The number of aliphatic hydroxyl groups is 1. The fourth-order valence-electron chi connectivity index (χ4n) is 2.50. The van der Waals surface area contributed by atoms with Crippen LogP contribution >= 0.6 is 0 Å². The number of hydrogen-bond acceptors (Lipinski definition) is 3. The van der Waals surface area contributed by atoms with Crippen molar-refractivity contribution in [3.63, 3.8) is 0 Å². The van der Waals surface area contributed by atoms with Gasteiger partial charge >= 0.3 is 0 Å². The molecule has 1 aliphatic carbocycles. The fraction of sp³-hybridized carbons (Fsp3) is 0.429. The van der Waals surface area contributed by atoms with Gasteiger partial charge in [-0.2, -0.15) is 0 Å². The number of hydrogen-bond donors (Lipinski definition) is 3. The molecule has 2 rings (SSSR count). The van der Waals surface area contributed by atoms with Gasteiger partial charge in [-0.1, -0.05) is 6.08 Å². The first-order valence-corrected chi connectivity index (χ1v) is 6.06. The number of benzene rings is 1. The summed E-state index contributed by atoms with van der Waals surface area (Å²) in [6, 6.07) is 1.32. The molecule has 0 amide bonds. The molecule has 0 saturated carbocycles. The van der Waals surface area contributed by atoms with Crippen LogP contribution in [0, 0.1) is 12.7 Å². The average molecular weight is 252 g/mol. The molecule has 0 bridgehead atoms. The van der Waals surface area contributed by atoms with Crippen molar-refractivity contribution in [1.82, 2.24) is 0 Å². The quantitative estimate of drug-likeness (QED) is 0.709. The minimum absolute atomic E-state index is 0.0353. The second-order valence-corrected chi connectivity index (χ2v) is 4.77. The molecule has 3 N–H and O–H groups in total. The third-order valence-corrected chi connectivity index (χ3v) is 3.46. The standard InChI is InChI=1S/C14H17FO3/c1-8-5-11(17)12(14(18)13(8)15)10-4-2-3-9(6-10)7-16/h5-6,10,16-18H,2-4,7H2,1H3. The molecule has 1 atom stereocenters. The largest absolute Gasteiger partial charge is 0.507 e. The summed E-state index contributed by atoms with van der Waals surface area (Å²) in [5.41, 5.74) is 1.31. The van der Waals surface area contributed by atoms with Gasteiger partial charge in [0.25, 0.3) is 0 Å². The highest BCUT2D eigenvalue weighted by Crippen LogP contribution is 2.42. The van der Waals surface area contributed by atoms with Crippen LogP contribution in [0.3, 0.4) is 0 Å². The summed E-state index contributed by atoms with van der Waals surface area (Å²) in [5, 5.41) is 28.9. The van der Waals surface area contributed by atoms with Crippen molar-refractivity contribution in [2.24, 2.45) is 0 Å². The Balaban J connectivity index is 2.48. The zero-order chi connectivity index (χ0) is 13.3. The number of allylic oxidation sites excluding steroid dienone is 1. The Hall–Kier alpha value is -1.55. The summed E-state index contributed by atoms with van der Waals surface area (Å²) in [6.07, 6.45) is 4.20. The first-order chi connectivity index (χ1) is 8.54. The first kappa shape index (κ1) is 12.9. The third-order valence-electron chi connectivity index (χ3n) is 3.46. The van der Waals surface area contributed by atoms with E-state index in [0.29, 0.717) is 0 Å². The Morgan fingerprint density at radius 3 is 2.78 bits per heavy atom. The maximum absolute atomic E-state index is 13.7. The molecular formula is C14H17FO3. The van der Waals surface area contributed by atoms with E-state index in [-0.39, 0.29) is 29.4 Å². The Bertz CT molecular complexity index is 494. The molecule has 0 aliphatic heterocycles. The predicted molar refractivity (Wildman–Crippen MR) is 66.2 cm³/mol. The summed E-state index contributed by atoms with van der Waals surface area (Å²) >= 11 is 0. The second kappa shape index (κ2) is 4.98. The lowest BCUT2D eigenvalue weighted by Gasteiger charge is -2.22. The summed E-state index contributed by atoms with van der Waals surface area (Å²) in [4.78, 5) is 0. The molecule has 1 aromatic rings. The normalized spacial score (nSPS) is 19.7. The fourth-order valence-corrected chi connectivity index (χ4v) is 2.50. The lowest BCUT2D eigenvalue weighted by Crippen LogP contribution is -2.07. The van der Waals surface area contributed by atoms with E-state index in [1.807, 2.05) is 6.08 Å². The highest BCUT2D eigenvalue weighted by Gasteiger charge is 2.24. The first-order valence-electron chi connectivity index (χ1n) is 6.06. The van der Waals surface area contributed by atoms with Gasteiger partial charge in [-0.15, -0.1) is 0 Å². The molecule has 0 saturated heterocycles. The Kier molecular flexibility index (Phi) is 3.57. The van der Waals surface area contributed by atoms with Crippen LogP contribution in [0.15, 0.2) is 17.7 Å². The van der Waals surface area contributed by atoms with Crippen LogP contribution in [-0.2, 0) is 0 Å². The molecule has 1 aliphatic rings. The summed E-state index contributed by atoms with van der Waals surface area (Å²) in [6.45, 7) is 1.46. The van der Waals surface area contributed by atoms with E-state index in [2.05, 4.69) is 0 Å². The predicted octanol–water partition coefficient (Wildman–Crippen LogP) is 2.73. The van der Waals surface area contributed by atoms with Gasteiger partial charge in [0, 0.05) is 11.5 Å². The number of aryl methyl sites for hydroxylation is 1. The topological polar surface area (TPSA) is 60.7 Å². The lowest BCUT2D eigenvalue weighted by atomic mass is 9.84. The molecule has 4 heteroatoms. The van der Waals surface area contributed by atoms with Crippen LogP contribution in [0.5, 0.6) is 11.5 Å². The van der Waals surface area contributed by atoms with Gasteiger partial charge < -0.3 is 15.3 Å². The molecule has 1 aromatic carbocycles. The van der Waals surface area contributed by atoms with Crippen molar-refractivity contribution in [1.29, 1.82) is 0 Å². The maximum atomic E-state index is 13.7. The second-order valence-electron chi connectivity index (χ2n) is 4.77. The third kappa shape index (κ3) is 2.20. The number of phenols is 2. The average Bonchev–Trinajstić information content (AvgIpc) is 2.36. The van der Waals surface area contributed by atoms with Gasteiger partial charge in [0.1, 0.15) is 5.75 Å². The van der Waals surface area contributed by atoms with Crippen molar-refractivity contribution in [3.8, 4) is 11.5 Å². The SMILES string of the molecule is Cc1cc(O)c(C2C=C(CO)CCC2)c(O)c1F. The Morgan fingerprint density at radius 1 is 1.39 bits per heavy atom. The van der Waals surface area contributed by atoms with E-state index in [1.165, 1.54) is 13.0 Å². The highest BCUT2D eigenvalue weighted by atomic mass is 19.1. The monoisotopic (exact) mass is 252 g/mol. The summed E-state index contributed by atoms with van der Waals surface area (Å²) < 4.78 is 13.7. The smallest absolute Gasteiger partial charge is 0.168 e. The number of aliphatic hydroxyl groups excluding tert-OH is 1. The van der Waals surface area contributed by atoms with E-state index in [9.17, 15) is 14.6 Å². The van der Waals surface area contributed by atoms with Crippen molar-refractivity contribution in [3.05, 3.63) is 34.7 Å². The van der Waals surface area contributed by atoms with Gasteiger partial charge in [-0.3, -0.25) is 0 Å².